The molecule has 0 aliphatic heterocycles. The summed E-state index contributed by atoms with van der Waals surface area (Å²) in [5.74, 6) is -0.735. The summed E-state index contributed by atoms with van der Waals surface area (Å²) in [6.07, 6.45) is 1.36. The lowest BCUT2D eigenvalue weighted by atomic mass is 10.1. The van der Waals surface area contributed by atoms with Gasteiger partial charge >= 0.3 is 5.97 Å². The van der Waals surface area contributed by atoms with E-state index in [0.717, 1.165) is 5.56 Å². The van der Waals surface area contributed by atoms with E-state index >= 15 is 0 Å². The number of hydrogen-bond donors (Lipinski definition) is 0. The molecule has 0 aliphatic carbocycles. The summed E-state index contributed by atoms with van der Waals surface area (Å²) in [6.45, 7) is 2.05. The highest BCUT2D eigenvalue weighted by Gasteiger charge is 2.16. The number of aryl methyl sites for hydroxylation is 1. The van der Waals surface area contributed by atoms with Crippen LogP contribution in [0.3, 0.4) is 0 Å². The van der Waals surface area contributed by atoms with Crippen LogP contribution in [0, 0.1) is 18.3 Å². The van der Waals surface area contributed by atoms with E-state index < -0.39 is 5.97 Å². The van der Waals surface area contributed by atoms with Gasteiger partial charge < -0.3 is 4.74 Å². The number of nitrogens with zero attached hydrogens (tertiary/aromatic N) is 3. The van der Waals surface area contributed by atoms with Gasteiger partial charge in [0, 0.05) is 15.6 Å². The smallest absolute Gasteiger partial charge is 0.348 e. The van der Waals surface area contributed by atoms with E-state index in [2.05, 4.69) is 9.84 Å². The summed E-state index contributed by atoms with van der Waals surface area (Å²) in [5.41, 5.74) is 1.67. The van der Waals surface area contributed by atoms with E-state index in [9.17, 15) is 4.79 Å². The number of ether oxygens (including phenoxy) is 1. The number of hydrogen-bond acceptors (Lipinski definition) is 4. The maximum atomic E-state index is 11.5. The van der Waals surface area contributed by atoms with Crippen molar-refractivity contribution < 1.29 is 9.53 Å². The number of carbonyl (C=O) groups is 1. The van der Waals surface area contributed by atoms with Gasteiger partial charge in [-0.3, -0.25) is 0 Å². The number of rotatable bonds is 4. The molecule has 0 spiro atoms. The Morgan fingerprint density at radius 1 is 1.42 bits per heavy atom. The van der Waals surface area contributed by atoms with Crippen LogP contribution < -0.4 is 0 Å². The van der Waals surface area contributed by atoms with Gasteiger partial charge in [-0.25, -0.2) is 9.48 Å². The first kappa shape index (κ1) is 18.3. The van der Waals surface area contributed by atoms with Gasteiger partial charge in [0.2, 0.25) is 0 Å². The van der Waals surface area contributed by atoms with Crippen molar-refractivity contribution in [1.29, 1.82) is 5.26 Å². The Labute approximate surface area is 154 Å². The van der Waals surface area contributed by atoms with Gasteiger partial charge in [0.1, 0.15) is 16.8 Å². The standard InChI is InChI=1S/C16H12Cl3N3O2/c1-9-13(5-11(7-20)16(23)24-2)15(19)22(21-9)8-10-3-4-12(17)6-14(10)18/h3-6H,8H2,1-2H3/b11-5+. The maximum absolute atomic E-state index is 11.5. The Morgan fingerprint density at radius 3 is 2.71 bits per heavy atom. The molecule has 24 heavy (non-hydrogen) atoms. The monoisotopic (exact) mass is 383 g/mol. The minimum atomic E-state index is -0.735. The predicted octanol–water partition coefficient (Wildman–Crippen LogP) is 4.28. The van der Waals surface area contributed by atoms with E-state index in [0.29, 0.717) is 27.8 Å². The van der Waals surface area contributed by atoms with Crippen LogP contribution >= 0.6 is 34.8 Å². The van der Waals surface area contributed by atoms with Crippen LogP contribution in [0.1, 0.15) is 16.8 Å². The molecule has 0 radical (unpaired) electrons. The average Bonchev–Trinajstić information content (AvgIpc) is 2.81. The highest BCUT2D eigenvalue weighted by Crippen LogP contribution is 2.26. The SMILES string of the molecule is COC(=O)/C(C#N)=C/c1c(C)nn(Cc2ccc(Cl)cc2Cl)c1Cl. The summed E-state index contributed by atoms with van der Waals surface area (Å²) in [7, 11) is 1.20. The Bertz CT molecular complexity index is 866. The molecular formula is C16H12Cl3N3O2. The first-order valence-corrected chi connectivity index (χ1v) is 7.87. The molecule has 0 saturated heterocycles. The molecule has 0 N–H and O–H groups in total. The summed E-state index contributed by atoms with van der Waals surface area (Å²) in [6, 6.07) is 6.92. The van der Waals surface area contributed by atoms with Gasteiger partial charge in [-0.15, -0.1) is 0 Å². The zero-order chi connectivity index (χ0) is 17.9. The molecule has 1 aromatic carbocycles. The summed E-state index contributed by atoms with van der Waals surface area (Å²) in [4.78, 5) is 11.5. The zero-order valence-electron chi connectivity index (χ0n) is 12.8. The lowest BCUT2D eigenvalue weighted by Crippen LogP contribution is -2.03. The van der Waals surface area contributed by atoms with Gasteiger partial charge in [-0.2, -0.15) is 10.4 Å². The quantitative estimate of drug-likeness (QED) is 0.448. The van der Waals surface area contributed by atoms with Gasteiger partial charge in [0.15, 0.2) is 0 Å². The number of nitriles is 1. The Balaban J connectivity index is 2.41. The number of halogens is 3. The number of methoxy groups -OCH3 is 1. The van der Waals surface area contributed by atoms with Crippen LogP contribution in [-0.4, -0.2) is 22.9 Å². The van der Waals surface area contributed by atoms with Crippen LogP contribution in [0.5, 0.6) is 0 Å². The van der Waals surface area contributed by atoms with Gasteiger partial charge in [0.25, 0.3) is 0 Å². The molecule has 0 bridgehead atoms. The number of carbonyl (C=O) groups excluding carboxylic acids is 1. The van der Waals surface area contributed by atoms with Crippen molar-refractivity contribution in [3.8, 4) is 6.07 Å². The Morgan fingerprint density at radius 2 is 2.12 bits per heavy atom. The van der Waals surface area contributed by atoms with Crippen molar-refractivity contribution in [2.45, 2.75) is 13.5 Å². The molecule has 0 saturated carbocycles. The molecule has 1 aromatic heterocycles. The molecule has 0 aliphatic rings. The largest absolute Gasteiger partial charge is 0.465 e. The molecule has 8 heteroatoms. The number of benzene rings is 1. The Hall–Kier alpha value is -2.00. The van der Waals surface area contributed by atoms with Crippen molar-refractivity contribution >= 4 is 46.8 Å². The van der Waals surface area contributed by atoms with Gasteiger partial charge in [-0.05, 0) is 30.7 Å². The third-order valence-electron chi connectivity index (χ3n) is 3.26. The minimum absolute atomic E-state index is 0.161. The fourth-order valence-corrected chi connectivity index (χ4v) is 2.80. The van der Waals surface area contributed by atoms with Crippen LogP contribution in [0.2, 0.25) is 15.2 Å². The molecule has 0 atom stereocenters. The zero-order valence-corrected chi connectivity index (χ0v) is 15.1. The second-order valence-electron chi connectivity index (χ2n) is 4.84. The highest BCUT2D eigenvalue weighted by molar-refractivity contribution is 6.35. The van der Waals surface area contributed by atoms with E-state index in [1.165, 1.54) is 17.9 Å². The van der Waals surface area contributed by atoms with E-state index in [-0.39, 0.29) is 10.7 Å². The first-order chi connectivity index (χ1) is 11.4. The van der Waals surface area contributed by atoms with Crippen LogP contribution in [0.25, 0.3) is 6.08 Å². The van der Waals surface area contributed by atoms with Crippen molar-refractivity contribution in [3.63, 3.8) is 0 Å². The predicted molar refractivity (Wildman–Crippen MR) is 93.1 cm³/mol. The van der Waals surface area contributed by atoms with Crippen molar-refractivity contribution in [2.24, 2.45) is 0 Å². The first-order valence-electron chi connectivity index (χ1n) is 6.74. The highest BCUT2D eigenvalue weighted by atomic mass is 35.5. The fourth-order valence-electron chi connectivity index (χ4n) is 2.04. The Kier molecular flexibility index (Phi) is 5.89. The normalized spacial score (nSPS) is 11.2. The molecular weight excluding hydrogens is 373 g/mol. The van der Waals surface area contributed by atoms with Crippen LogP contribution in [0.15, 0.2) is 23.8 Å². The van der Waals surface area contributed by atoms with Crippen molar-refractivity contribution in [2.75, 3.05) is 7.11 Å². The third-order valence-corrected chi connectivity index (χ3v) is 4.24. The van der Waals surface area contributed by atoms with Gasteiger partial charge in [0.05, 0.1) is 19.3 Å². The van der Waals surface area contributed by atoms with Crippen molar-refractivity contribution in [1.82, 2.24) is 9.78 Å². The van der Waals surface area contributed by atoms with E-state index in [1.807, 2.05) is 0 Å². The molecule has 2 aromatic rings. The van der Waals surface area contributed by atoms with E-state index in [1.54, 1.807) is 31.2 Å². The second kappa shape index (κ2) is 7.71. The van der Waals surface area contributed by atoms with E-state index in [4.69, 9.17) is 40.1 Å². The summed E-state index contributed by atoms with van der Waals surface area (Å²) < 4.78 is 6.09. The molecule has 0 fully saturated rings. The molecule has 124 valence electrons. The average molecular weight is 385 g/mol. The number of aromatic nitrogens is 2. The minimum Gasteiger partial charge on any atom is -0.465 e. The van der Waals surface area contributed by atoms with Crippen molar-refractivity contribution in [3.05, 3.63) is 55.8 Å². The van der Waals surface area contributed by atoms with Crippen LogP contribution in [-0.2, 0) is 16.1 Å². The lowest BCUT2D eigenvalue weighted by molar-refractivity contribution is -0.135. The van der Waals surface area contributed by atoms with Gasteiger partial charge in [-0.1, -0.05) is 40.9 Å². The van der Waals surface area contributed by atoms with Crippen LogP contribution in [0.4, 0.5) is 0 Å². The third kappa shape index (κ3) is 3.90. The number of esters is 1. The molecule has 0 amide bonds. The fraction of sp³-hybridized carbons (Fsp3) is 0.188. The lowest BCUT2D eigenvalue weighted by Gasteiger charge is -2.06. The maximum Gasteiger partial charge on any atom is 0.348 e. The molecule has 0 unspecified atom stereocenters. The molecule has 2 rings (SSSR count). The second-order valence-corrected chi connectivity index (χ2v) is 6.05. The topological polar surface area (TPSA) is 67.9 Å². The molecule has 5 nitrogen and oxygen atoms in total. The summed E-state index contributed by atoms with van der Waals surface area (Å²) >= 11 is 18.4. The molecule has 1 heterocycles. The summed E-state index contributed by atoms with van der Waals surface area (Å²) in [5, 5.41) is 14.7.